The molecule has 0 saturated carbocycles. The molecular weight excluding hydrogens is 703 g/mol. The van der Waals surface area contributed by atoms with Gasteiger partial charge >= 0.3 is 0 Å². The molecular formula is C51H31N3OS. The number of hydrogen-bond donors (Lipinski definition) is 0. The van der Waals surface area contributed by atoms with Crippen LogP contribution in [0.4, 0.5) is 0 Å². The lowest BCUT2D eigenvalue weighted by Gasteiger charge is -2.12. The van der Waals surface area contributed by atoms with E-state index in [0.29, 0.717) is 17.5 Å². The van der Waals surface area contributed by atoms with Gasteiger partial charge in [-0.2, -0.15) is 0 Å². The average molecular weight is 734 g/mol. The quantitative estimate of drug-likeness (QED) is 0.169. The fourth-order valence-corrected chi connectivity index (χ4v) is 9.98. The van der Waals surface area contributed by atoms with E-state index in [1.165, 1.54) is 52.5 Å². The van der Waals surface area contributed by atoms with Gasteiger partial charge in [0.25, 0.3) is 0 Å². The first-order chi connectivity index (χ1) is 27.7. The van der Waals surface area contributed by atoms with Gasteiger partial charge in [-0.15, -0.1) is 11.3 Å². The van der Waals surface area contributed by atoms with Crippen LogP contribution in [0.1, 0.15) is 18.7 Å². The molecule has 0 amide bonds. The Morgan fingerprint density at radius 1 is 0.446 bits per heavy atom. The SMILES string of the molecule is C1=c2c(oc3cc(-c4ccc5c6ccccc6c6ccccc6c5c4)ccc23)=C(c2nc(-c3ccccc3)nc(-c3cccc4c3sc3ccccc34)n2)CC1. The average Bonchev–Trinajstić information content (AvgIpc) is 3.85. The minimum Gasteiger partial charge on any atom is -0.456 e. The Bertz CT molecular complexity index is 3510. The molecule has 56 heavy (non-hydrogen) atoms. The predicted molar refractivity (Wildman–Crippen MR) is 233 cm³/mol. The summed E-state index contributed by atoms with van der Waals surface area (Å²) in [5.74, 6) is 1.99. The highest BCUT2D eigenvalue weighted by atomic mass is 32.1. The van der Waals surface area contributed by atoms with Crippen LogP contribution in [-0.4, -0.2) is 15.0 Å². The Morgan fingerprint density at radius 3 is 1.84 bits per heavy atom. The van der Waals surface area contributed by atoms with Gasteiger partial charge in [-0.3, -0.25) is 0 Å². The molecule has 3 heterocycles. The van der Waals surface area contributed by atoms with Crippen molar-refractivity contribution in [3.63, 3.8) is 0 Å². The highest BCUT2D eigenvalue weighted by Gasteiger charge is 2.21. The molecule has 0 unspecified atom stereocenters. The van der Waals surface area contributed by atoms with Gasteiger partial charge in [0.15, 0.2) is 17.5 Å². The molecule has 0 radical (unpaired) electrons. The molecule has 0 saturated heterocycles. The van der Waals surface area contributed by atoms with E-state index in [1.807, 2.05) is 18.2 Å². The molecule has 0 aliphatic heterocycles. The highest BCUT2D eigenvalue weighted by Crippen LogP contribution is 2.40. The van der Waals surface area contributed by atoms with E-state index in [0.717, 1.165) is 62.3 Å². The number of aromatic nitrogens is 3. The third kappa shape index (κ3) is 4.81. The van der Waals surface area contributed by atoms with Crippen molar-refractivity contribution >= 4 is 86.4 Å². The predicted octanol–water partition coefficient (Wildman–Crippen LogP) is 12.2. The van der Waals surface area contributed by atoms with Crippen LogP contribution in [0, 0.1) is 0 Å². The second-order valence-corrected chi connectivity index (χ2v) is 15.6. The molecule has 11 aromatic rings. The van der Waals surface area contributed by atoms with Gasteiger partial charge in [0.05, 0.1) is 0 Å². The van der Waals surface area contributed by atoms with E-state index in [9.17, 15) is 0 Å². The summed E-state index contributed by atoms with van der Waals surface area (Å²) in [5.41, 5.74) is 6.96. The molecule has 262 valence electrons. The van der Waals surface area contributed by atoms with Crippen molar-refractivity contribution in [2.45, 2.75) is 12.8 Å². The monoisotopic (exact) mass is 733 g/mol. The lowest BCUT2D eigenvalue weighted by atomic mass is 9.92. The fraction of sp³-hybridized carbons (Fsp3) is 0.0392. The van der Waals surface area contributed by atoms with Crippen LogP contribution in [0.5, 0.6) is 0 Å². The van der Waals surface area contributed by atoms with Crippen LogP contribution in [0.25, 0.3) is 109 Å². The highest BCUT2D eigenvalue weighted by molar-refractivity contribution is 7.26. The summed E-state index contributed by atoms with van der Waals surface area (Å²) in [6, 6.07) is 56.2. The van der Waals surface area contributed by atoms with Crippen LogP contribution in [0.15, 0.2) is 162 Å². The summed E-state index contributed by atoms with van der Waals surface area (Å²) in [4.78, 5) is 15.5. The normalized spacial score (nSPS) is 13.0. The molecule has 4 nitrogen and oxygen atoms in total. The number of nitrogens with zero attached hydrogens (tertiary/aromatic N) is 3. The number of furan rings is 1. The summed E-state index contributed by atoms with van der Waals surface area (Å²) in [5, 5.41) is 12.3. The minimum atomic E-state index is 0.655. The lowest BCUT2D eigenvalue weighted by molar-refractivity contribution is 0.567. The van der Waals surface area contributed by atoms with Gasteiger partial charge in [-0.1, -0.05) is 133 Å². The van der Waals surface area contributed by atoms with Gasteiger partial charge < -0.3 is 4.42 Å². The van der Waals surface area contributed by atoms with Crippen LogP contribution in [-0.2, 0) is 0 Å². The molecule has 8 aromatic carbocycles. The van der Waals surface area contributed by atoms with Crippen molar-refractivity contribution in [1.82, 2.24) is 15.0 Å². The standard InChI is InChI=1S/C51H31N3OS/c1-2-12-30(13-3-1)49-52-50(54-51(53-49)43-22-11-20-41-39-18-8-9-23-46(39)56-48(41)43)42-21-10-19-40-38-27-25-32(29-45(38)55-47(40)42)31-24-26-37-35-16-5-4-14-33(35)34-15-6-7-17-36(34)44(37)28-31/h1-9,11-20,22-29H,10,21H2. The van der Waals surface area contributed by atoms with Crippen molar-refractivity contribution in [3.8, 4) is 33.9 Å². The van der Waals surface area contributed by atoms with Crippen LogP contribution >= 0.6 is 11.3 Å². The van der Waals surface area contributed by atoms with E-state index < -0.39 is 0 Å². The summed E-state index contributed by atoms with van der Waals surface area (Å²) < 4.78 is 9.30. The summed E-state index contributed by atoms with van der Waals surface area (Å²) >= 11 is 1.79. The van der Waals surface area contributed by atoms with E-state index >= 15 is 0 Å². The maximum atomic E-state index is 6.87. The van der Waals surface area contributed by atoms with Crippen molar-refractivity contribution in [2.24, 2.45) is 0 Å². The Balaban J connectivity index is 1.04. The van der Waals surface area contributed by atoms with Gasteiger partial charge in [-0.05, 0) is 86.6 Å². The number of rotatable bonds is 4. The minimum absolute atomic E-state index is 0.655. The number of thiophene rings is 1. The van der Waals surface area contributed by atoms with Gasteiger partial charge in [-0.25, -0.2) is 15.0 Å². The largest absolute Gasteiger partial charge is 0.456 e. The van der Waals surface area contributed by atoms with Crippen molar-refractivity contribution in [2.75, 3.05) is 0 Å². The number of fused-ring (bicyclic) bond motifs is 12. The van der Waals surface area contributed by atoms with Crippen LogP contribution in [0.2, 0.25) is 0 Å². The topological polar surface area (TPSA) is 51.8 Å². The molecule has 0 N–H and O–H groups in total. The van der Waals surface area contributed by atoms with Crippen molar-refractivity contribution in [3.05, 3.63) is 174 Å². The van der Waals surface area contributed by atoms with E-state index in [-0.39, 0.29) is 0 Å². The molecule has 0 atom stereocenters. The van der Waals surface area contributed by atoms with Gasteiger partial charge in [0.1, 0.15) is 11.0 Å². The first-order valence-corrected chi connectivity index (χ1v) is 19.9. The maximum absolute atomic E-state index is 6.87. The zero-order chi connectivity index (χ0) is 36.7. The Hall–Kier alpha value is -6.95. The number of hydrogen-bond acceptors (Lipinski definition) is 5. The zero-order valence-corrected chi connectivity index (χ0v) is 31.0. The first kappa shape index (κ1) is 31.4. The van der Waals surface area contributed by atoms with Crippen molar-refractivity contribution in [1.29, 1.82) is 0 Å². The van der Waals surface area contributed by atoms with E-state index in [2.05, 4.69) is 146 Å². The molecule has 0 spiro atoms. The summed E-state index contributed by atoms with van der Waals surface area (Å²) in [6.07, 6.45) is 3.95. The smallest absolute Gasteiger partial charge is 0.165 e. The molecule has 5 heteroatoms. The number of benzene rings is 8. The van der Waals surface area contributed by atoms with Gasteiger partial charge in [0.2, 0.25) is 0 Å². The molecule has 12 rings (SSSR count). The van der Waals surface area contributed by atoms with Crippen LogP contribution in [0.3, 0.4) is 0 Å². The third-order valence-electron chi connectivity index (χ3n) is 11.4. The Morgan fingerprint density at radius 2 is 1.05 bits per heavy atom. The molecule has 1 aliphatic rings. The fourth-order valence-electron chi connectivity index (χ4n) is 8.77. The second kappa shape index (κ2) is 12.3. The summed E-state index contributed by atoms with van der Waals surface area (Å²) in [6.45, 7) is 0. The van der Waals surface area contributed by atoms with Gasteiger partial charge in [0, 0.05) is 47.5 Å². The first-order valence-electron chi connectivity index (χ1n) is 19.1. The summed E-state index contributed by atoms with van der Waals surface area (Å²) in [7, 11) is 0. The van der Waals surface area contributed by atoms with E-state index in [4.69, 9.17) is 19.4 Å². The third-order valence-corrected chi connectivity index (χ3v) is 12.6. The van der Waals surface area contributed by atoms with Crippen molar-refractivity contribution < 1.29 is 4.42 Å². The molecule has 0 fully saturated rings. The van der Waals surface area contributed by atoms with E-state index in [1.54, 1.807) is 11.3 Å². The Kier molecular flexibility index (Phi) is 6.89. The second-order valence-electron chi connectivity index (χ2n) is 14.6. The Labute approximate surface area is 325 Å². The van der Waals surface area contributed by atoms with Crippen LogP contribution < -0.4 is 10.6 Å². The lowest BCUT2D eigenvalue weighted by Crippen LogP contribution is -2.27. The molecule has 0 bridgehead atoms. The zero-order valence-electron chi connectivity index (χ0n) is 30.2. The molecule has 1 aliphatic carbocycles. The maximum Gasteiger partial charge on any atom is 0.165 e. The molecule has 3 aromatic heterocycles.